The molecule has 3 atom stereocenters. The Morgan fingerprint density at radius 2 is 1.77 bits per heavy atom. The summed E-state index contributed by atoms with van der Waals surface area (Å²) in [5, 5.41) is 7.05. The number of sulfonamides is 1. The summed E-state index contributed by atoms with van der Waals surface area (Å²) in [5.74, 6) is -4.27. The van der Waals surface area contributed by atoms with Gasteiger partial charge in [0.25, 0.3) is 5.91 Å². The third kappa shape index (κ3) is 6.40. The number of thiazole rings is 1. The molecule has 0 bridgehead atoms. The fourth-order valence-electron chi connectivity index (χ4n) is 5.39. The molecule has 3 heterocycles. The average Bonchev–Trinajstić information content (AvgIpc) is 3.49. The number of anilines is 2. The molecule has 2 aliphatic rings. The van der Waals surface area contributed by atoms with Gasteiger partial charge in [0.2, 0.25) is 21.8 Å². The molecule has 3 amide bonds. The lowest BCUT2D eigenvalue weighted by Gasteiger charge is -2.31. The fourth-order valence-corrected chi connectivity index (χ4v) is 8.59. The van der Waals surface area contributed by atoms with Gasteiger partial charge in [0.05, 0.1) is 27.1 Å². The van der Waals surface area contributed by atoms with Crippen LogP contribution < -0.4 is 25.0 Å². The zero-order valence-electron chi connectivity index (χ0n) is 23.4. The Morgan fingerprint density at radius 3 is 2.45 bits per heavy atom. The van der Waals surface area contributed by atoms with Crippen LogP contribution in [0.2, 0.25) is 5.02 Å². The standard InChI is InChI=1S/C29H20ClF3N4O7S3/c30-14-4-9-19(44-12-20(38)35-15-5-7-17(8-6-15)47(34,42)43)18(11-14)21-22-24(45-25-23(21)46-28(41)36-25)27(40)37(26(22)39)16-3-1-2-13(10-16)29(31,32)33/h1-11,21-22,24H,12H2,(H,35,38)(H,36,41)(H2,34,42,43)/t21-,22-,24+/m0/s1. The molecule has 2 aliphatic heterocycles. The number of thioether (sulfide) groups is 1. The van der Waals surface area contributed by atoms with E-state index >= 15 is 0 Å². The minimum absolute atomic E-state index is 0.0920. The molecular formula is C29H20ClF3N4O7S3. The molecule has 1 fully saturated rings. The van der Waals surface area contributed by atoms with Crippen LogP contribution in [0.25, 0.3) is 0 Å². The number of fused-ring (bicyclic) bond motifs is 2. The van der Waals surface area contributed by atoms with Crippen LogP contribution in [-0.4, -0.2) is 43.0 Å². The number of carbonyl (C=O) groups is 3. The number of imide groups is 1. The van der Waals surface area contributed by atoms with E-state index in [1.807, 2.05) is 0 Å². The smallest absolute Gasteiger partial charge is 0.416 e. The summed E-state index contributed by atoms with van der Waals surface area (Å²) < 4.78 is 69.3. The maximum atomic E-state index is 14.0. The van der Waals surface area contributed by atoms with Gasteiger partial charge in [-0.2, -0.15) is 13.2 Å². The van der Waals surface area contributed by atoms with E-state index in [-0.39, 0.29) is 32.6 Å². The molecule has 0 saturated carbocycles. The van der Waals surface area contributed by atoms with Gasteiger partial charge < -0.3 is 15.0 Å². The van der Waals surface area contributed by atoms with Crippen molar-refractivity contribution in [2.24, 2.45) is 11.1 Å². The predicted molar refractivity (Wildman–Crippen MR) is 167 cm³/mol. The largest absolute Gasteiger partial charge is 0.483 e. The van der Waals surface area contributed by atoms with Crippen molar-refractivity contribution in [3.05, 3.63) is 97.4 Å². The highest BCUT2D eigenvalue weighted by Crippen LogP contribution is 2.55. The first kappa shape index (κ1) is 32.8. The number of H-pyrrole nitrogens is 1. The summed E-state index contributed by atoms with van der Waals surface area (Å²) in [6.45, 7) is -0.555. The Kier molecular flexibility index (Phi) is 8.46. The number of ether oxygens (including phenoxy) is 1. The Balaban J connectivity index is 1.33. The number of primary sulfonamides is 1. The summed E-state index contributed by atoms with van der Waals surface area (Å²) >= 11 is 8.08. The molecule has 11 nitrogen and oxygen atoms in total. The molecule has 4 aromatic rings. The molecule has 0 spiro atoms. The number of hydrogen-bond donors (Lipinski definition) is 3. The molecule has 0 aliphatic carbocycles. The summed E-state index contributed by atoms with van der Waals surface area (Å²) in [4.78, 5) is 56.1. The number of aromatic amines is 1. The number of amides is 3. The fraction of sp³-hybridized carbons (Fsp3) is 0.172. The molecule has 0 radical (unpaired) electrons. The number of benzene rings is 3. The molecule has 4 N–H and O–H groups in total. The second-order valence-electron chi connectivity index (χ2n) is 10.4. The Morgan fingerprint density at radius 1 is 1.04 bits per heavy atom. The third-order valence-corrected chi connectivity index (χ3v) is 11.0. The van der Waals surface area contributed by atoms with E-state index in [1.165, 1.54) is 48.5 Å². The predicted octanol–water partition coefficient (Wildman–Crippen LogP) is 4.57. The van der Waals surface area contributed by atoms with Crippen LogP contribution in [0.1, 0.15) is 21.9 Å². The molecule has 1 saturated heterocycles. The maximum absolute atomic E-state index is 14.0. The number of nitrogens with zero attached hydrogens (tertiary/aromatic N) is 1. The summed E-state index contributed by atoms with van der Waals surface area (Å²) in [6.07, 6.45) is -4.72. The zero-order chi connectivity index (χ0) is 33.8. The first-order valence-electron chi connectivity index (χ1n) is 13.4. The molecule has 244 valence electrons. The van der Waals surface area contributed by atoms with Crippen LogP contribution in [0.5, 0.6) is 5.75 Å². The second kappa shape index (κ2) is 12.1. The summed E-state index contributed by atoms with van der Waals surface area (Å²) in [5.41, 5.74) is -0.776. The number of nitrogens with two attached hydrogens (primary N) is 1. The van der Waals surface area contributed by atoms with Crippen molar-refractivity contribution in [1.29, 1.82) is 0 Å². The van der Waals surface area contributed by atoms with Crippen LogP contribution in [0.4, 0.5) is 24.5 Å². The van der Waals surface area contributed by atoms with E-state index in [2.05, 4.69) is 10.3 Å². The highest BCUT2D eigenvalue weighted by Gasteiger charge is 2.57. The van der Waals surface area contributed by atoms with E-state index in [4.69, 9.17) is 21.5 Å². The van der Waals surface area contributed by atoms with E-state index in [0.717, 1.165) is 46.2 Å². The van der Waals surface area contributed by atoms with Crippen molar-refractivity contribution in [2.75, 3.05) is 16.8 Å². The van der Waals surface area contributed by atoms with Crippen molar-refractivity contribution < 1.29 is 40.7 Å². The number of nitrogens with one attached hydrogen (secondary N) is 2. The molecule has 3 aromatic carbocycles. The average molecular weight is 725 g/mol. The van der Waals surface area contributed by atoms with Gasteiger partial charge in [-0.1, -0.05) is 40.8 Å². The van der Waals surface area contributed by atoms with Gasteiger partial charge >= 0.3 is 11.0 Å². The number of aromatic nitrogens is 1. The number of alkyl halides is 3. The van der Waals surface area contributed by atoms with Gasteiger partial charge in [-0.3, -0.25) is 19.2 Å². The van der Waals surface area contributed by atoms with Crippen LogP contribution in [0.15, 0.2) is 81.4 Å². The topological polar surface area (TPSA) is 169 Å². The molecule has 6 rings (SSSR count). The van der Waals surface area contributed by atoms with Crippen molar-refractivity contribution in [3.8, 4) is 5.75 Å². The van der Waals surface area contributed by atoms with E-state index in [0.29, 0.717) is 9.90 Å². The van der Waals surface area contributed by atoms with E-state index < -0.39 is 68.1 Å². The van der Waals surface area contributed by atoms with E-state index in [9.17, 15) is 40.8 Å². The number of carbonyl (C=O) groups excluding carboxylic acids is 3. The third-order valence-electron chi connectivity index (χ3n) is 7.39. The monoisotopic (exact) mass is 724 g/mol. The summed E-state index contributed by atoms with van der Waals surface area (Å²) in [6, 6.07) is 13.4. The van der Waals surface area contributed by atoms with Gasteiger partial charge in [0, 0.05) is 27.1 Å². The van der Waals surface area contributed by atoms with Gasteiger partial charge in [-0.05, 0) is 60.7 Å². The molecular weight excluding hydrogens is 705 g/mol. The lowest BCUT2D eigenvalue weighted by atomic mass is 9.82. The minimum atomic E-state index is -4.72. The van der Waals surface area contributed by atoms with Crippen molar-refractivity contribution in [2.45, 2.75) is 27.3 Å². The van der Waals surface area contributed by atoms with Gasteiger partial charge in [-0.25, -0.2) is 18.5 Å². The number of hydrogen-bond acceptors (Lipinski definition) is 9. The SMILES string of the molecule is NS(=O)(=O)c1ccc(NC(=O)COc2ccc(Cl)cc2[C@@H]2c3sc(=O)[nH]c3S[C@H]3C(=O)N(c4cccc(C(F)(F)F)c4)C(=O)[C@@H]23)cc1. The van der Waals surface area contributed by atoms with Crippen LogP contribution in [0, 0.1) is 5.92 Å². The number of rotatable bonds is 7. The lowest BCUT2D eigenvalue weighted by molar-refractivity contribution is -0.137. The van der Waals surface area contributed by atoms with Crippen molar-refractivity contribution >= 4 is 73.8 Å². The highest BCUT2D eigenvalue weighted by molar-refractivity contribution is 8.00. The van der Waals surface area contributed by atoms with Gasteiger partial charge in [0.15, 0.2) is 6.61 Å². The summed E-state index contributed by atoms with van der Waals surface area (Å²) in [7, 11) is -3.94. The Bertz CT molecular complexity index is 2100. The van der Waals surface area contributed by atoms with E-state index in [1.54, 1.807) is 0 Å². The quantitative estimate of drug-likeness (QED) is 0.233. The molecule has 18 heteroatoms. The maximum Gasteiger partial charge on any atom is 0.416 e. The van der Waals surface area contributed by atoms with Crippen LogP contribution in [-0.2, 0) is 30.6 Å². The lowest BCUT2D eigenvalue weighted by Crippen LogP contribution is -2.32. The zero-order valence-corrected chi connectivity index (χ0v) is 26.6. The van der Waals surface area contributed by atoms with Crippen LogP contribution in [0.3, 0.4) is 0 Å². The minimum Gasteiger partial charge on any atom is -0.483 e. The second-order valence-corrected chi connectivity index (χ2v) is 14.6. The Labute approximate surface area is 276 Å². The first-order valence-corrected chi connectivity index (χ1v) is 17.0. The normalized spacial score (nSPS) is 19.3. The first-order chi connectivity index (χ1) is 22.1. The molecule has 47 heavy (non-hydrogen) atoms. The Hall–Kier alpha value is -4.16. The van der Waals surface area contributed by atoms with Crippen molar-refractivity contribution in [3.63, 3.8) is 0 Å². The number of halogens is 4. The van der Waals surface area contributed by atoms with Crippen molar-refractivity contribution in [1.82, 2.24) is 4.98 Å². The van der Waals surface area contributed by atoms with Crippen LogP contribution >= 0.6 is 34.7 Å². The van der Waals surface area contributed by atoms with Gasteiger partial charge in [-0.15, -0.1) is 0 Å². The molecule has 1 aromatic heterocycles. The highest BCUT2D eigenvalue weighted by atomic mass is 35.5. The molecule has 0 unspecified atom stereocenters. The van der Waals surface area contributed by atoms with Gasteiger partial charge in [0.1, 0.15) is 11.0 Å².